The molecule has 0 spiro atoms. The summed E-state index contributed by atoms with van der Waals surface area (Å²) >= 11 is 0. The summed E-state index contributed by atoms with van der Waals surface area (Å²) < 4.78 is 40.0. The van der Waals surface area contributed by atoms with Crippen LogP contribution in [0.1, 0.15) is 38.2 Å². The lowest BCUT2D eigenvalue weighted by Crippen LogP contribution is -2.36. The fourth-order valence-corrected chi connectivity index (χ4v) is 3.90. The van der Waals surface area contributed by atoms with E-state index >= 15 is 0 Å². The molecular weight excluding hydrogens is 379 g/mol. The molecule has 2 aromatic heterocycles. The molecule has 1 fully saturated rings. The Labute approximate surface area is 167 Å². The molecule has 1 N–H and O–H groups in total. The Morgan fingerprint density at radius 1 is 1.03 bits per heavy atom. The average molecular weight is 403 g/mol. The summed E-state index contributed by atoms with van der Waals surface area (Å²) in [6.07, 6.45) is 0.404. The lowest BCUT2D eigenvalue weighted by atomic mass is 9.87. The van der Waals surface area contributed by atoms with Gasteiger partial charge >= 0.3 is 6.18 Å². The van der Waals surface area contributed by atoms with Crippen LogP contribution in [0.2, 0.25) is 0 Å². The van der Waals surface area contributed by atoms with Crippen molar-refractivity contribution in [3.63, 3.8) is 0 Å². The van der Waals surface area contributed by atoms with E-state index in [4.69, 9.17) is 0 Å². The highest BCUT2D eigenvalue weighted by molar-refractivity contribution is 5.58. The molecule has 3 aromatic rings. The van der Waals surface area contributed by atoms with E-state index in [1.54, 1.807) is 4.52 Å². The Morgan fingerprint density at radius 3 is 2.38 bits per heavy atom. The van der Waals surface area contributed by atoms with Crippen LogP contribution in [-0.2, 0) is 6.18 Å². The van der Waals surface area contributed by atoms with Crippen LogP contribution in [0.15, 0.2) is 42.5 Å². The number of fused-ring (bicyclic) bond motifs is 1. The average Bonchev–Trinajstić information content (AvgIpc) is 3.10. The first-order valence-corrected chi connectivity index (χ1v) is 9.84. The summed E-state index contributed by atoms with van der Waals surface area (Å²) in [5.41, 5.74) is 0.509. The van der Waals surface area contributed by atoms with Gasteiger partial charge in [-0.05, 0) is 68.0 Å². The van der Waals surface area contributed by atoms with Gasteiger partial charge in [0.05, 0.1) is 5.56 Å². The van der Waals surface area contributed by atoms with Gasteiger partial charge in [0, 0.05) is 18.8 Å². The van der Waals surface area contributed by atoms with Gasteiger partial charge in [-0.15, -0.1) is 5.10 Å². The number of hydrogen-bond donors (Lipinski definition) is 1. The van der Waals surface area contributed by atoms with E-state index in [9.17, 15) is 13.2 Å². The monoisotopic (exact) mass is 403 g/mol. The van der Waals surface area contributed by atoms with Crippen LogP contribution in [0.5, 0.6) is 0 Å². The standard InChI is InChI=1S/C21H24F3N5/c1-14-6-12-17(13-7-14)28(2)19-5-3-4-18-26-20(27-29(18)19)25-16-10-8-15(9-11-16)21(22,23)24/h3-5,8-11,14,17H,6-7,12-13H2,1-2H3,(H,25,27). The molecule has 29 heavy (non-hydrogen) atoms. The fraction of sp³-hybridized carbons (Fsp3) is 0.429. The van der Waals surface area contributed by atoms with E-state index in [1.165, 1.54) is 25.0 Å². The Bertz CT molecular complexity index is 972. The van der Waals surface area contributed by atoms with Gasteiger partial charge in [-0.3, -0.25) is 0 Å². The highest BCUT2D eigenvalue weighted by atomic mass is 19.4. The van der Waals surface area contributed by atoms with Crippen molar-refractivity contribution >= 4 is 23.1 Å². The zero-order valence-electron chi connectivity index (χ0n) is 16.4. The Balaban J connectivity index is 1.56. The van der Waals surface area contributed by atoms with E-state index in [0.717, 1.165) is 36.7 Å². The number of alkyl halides is 3. The van der Waals surface area contributed by atoms with Gasteiger partial charge in [-0.25, -0.2) is 0 Å². The summed E-state index contributed by atoms with van der Waals surface area (Å²) in [4.78, 5) is 6.73. The minimum Gasteiger partial charge on any atom is -0.357 e. The Morgan fingerprint density at radius 2 is 1.72 bits per heavy atom. The van der Waals surface area contributed by atoms with E-state index in [-0.39, 0.29) is 0 Å². The summed E-state index contributed by atoms with van der Waals surface area (Å²) in [5, 5.41) is 7.54. The normalized spacial score (nSPS) is 20.0. The van der Waals surface area contributed by atoms with Gasteiger partial charge in [0.25, 0.3) is 0 Å². The van der Waals surface area contributed by atoms with Gasteiger partial charge in [0.15, 0.2) is 5.65 Å². The fourth-order valence-electron chi connectivity index (χ4n) is 3.90. The molecule has 5 nitrogen and oxygen atoms in total. The summed E-state index contributed by atoms with van der Waals surface area (Å²) in [7, 11) is 2.08. The molecule has 0 saturated heterocycles. The first kappa shape index (κ1) is 19.5. The van der Waals surface area contributed by atoms with Crippen molar-refractivity contribution in [3.8, 4) is 0 Å². The second kappa shape index (κ2) is 7.57. The van der Waals surface area contributed by atoms with Gasteiger partial charge < -0.3 is 10.2 Å². The van der Waals surface area contributed by atoms with Gasteiger partial charge in [0.2, 0.25) is 5.95 Å². The predicted octanol–water partition coefficient (Wildman–Crippen LogP) is 5.51. The van der Waals surface area contributed by atoms with Crippen LogP contribution in [0.4, 0.5) is 30.6 Å². The number of aromatic nitrogens is 3. The summed E-state index contributed by atoms with van der Waals surface area (Å²) in [5.74, 6) is 2.08. The minimum absolute atomic E-state index is 0.350. The maximum absolute atomic E-state index is 12.7. The van der Waals surface area contributed by atoms with Gasteiger partial charge in [-0.1, -0.05) is 13.0 Å². The second-order valence-electron chi connectivity index (χ2n) is 7.81. The van der Waals surface area contributed by atoms with Crippen molar-refractivity contribution < 1.29 is 13.2 Å². The number of rotatable bonds is 4. The highest BCUT2D eigenvalue weighted by Gasteiger charge is 2.30. The molecule has 0 amide bonds. The lowest BCUT2D eigenvalue weighted by Gasteiger charge is -2.34. The number of benzene rings is 1. The first-order valence-electron chi connectivity index (χ1n) is 9.84. The largest absolute Gasteiger partial charge is 0.416 e. The predicted molar refractivity (Wildman–Crippen MR) is 108 cm³/mol. The SMILES string of the molecule is CC1CCC(N(C)c2cccc3nc(Nc4ccc(C(F)(F)F)cc4)nn23)CC1. The molecular formula is C21H24F3N5. The van der Waals surface area contributed by atoms with E-state index < -0.39 is 11.7 Å². The Kier molecular flexibility index (Phi) is 5.10. The quantitative estimate of drug-likeness (QED) is 0.624. The van der Waals surface area contributed by atoms with Crippen molar-refractivity contribution in [1.82, 2.24) is 14.6 Å². The molecule has 8 heteroatoms. The molecule has 154 valence electrons. The molecule has 0 aliphatic heterocycles. The number of halogens is 3. The van der Waals surface area contributed by atoms with Crippen LogP contribution in [0.3, 0.4) is 0 Å². The molecule has 0 unspecified atom stereocenters. The summed E-state index contributed by atoms with van der Waals surface area (Å²) in [6.45, 7) is 2.30. The maximum Gasteiger partial charge on any atom is 0.416 e. The molecule has 0 radical (unpaired) electrons. The molecule has 1 aliphatic rings. The third-order valence-corrected chi connectivity index (χ3v) is 5.70. The molecule has 4 rings (SSSR count). The van der Waals surface area contributed by atoms with Gasteiger partial charge in [-0.2, -0.15) is 22.7 Å². The van der Waals surface area contributed by atoms with E-state index in [0.29, 0.717) is 23.3 Å². The topological polar surface area (TPSA) is 45.5 Å². The van der Waals surface area contributed by atoms with Crippen molar-refractivity contribution in [3.05, 3.63) is 48.0 Å². The molecule has 1 aromatic carbocycles. The molecule has 1 aliphatic carbocycles. The number of nitrogens with one attached hydrogen (secondary N) is 1. The summed E-state index contributed by atoms with van der Waals surface area (Å²) in [6, 6.07) is 11.1. The third-order valence-electron chi connectivity index (χ3n) is 5.70. The first-order chi connectivity index (χ1) is 13.8. The number of anilines is 3. The molecule has 1 saturated carbocycles. The van der Waals surface area contributed by atoms with Crippen molar-refractivity contribution in [1.29, 1.82) is 0 Å². The van der Waals surface area contributed by atoms with Crippen molar-refractivity contribution in [2.75, 3.05) is 17.3 Å². The van der Waals surface area contributed by atoms with Crippen LogP contribution >= 0.6 is 0 Å². The zero-order valence-corrected chi connectivity index (χ0v) is 16.4. The highest BCUT2D eigenvalue weighted by Crippen LogP contribution is 2.31. The van der Waals surface area contributed by atoms with Crippen LogP contribution < -0.4 is 10.2 Å². The zero-order chi connectivity index (χ0) is 20.6. The van der Waals surface area contributed by atoms with Crippen molar-refractivity contribution in [2.45, 2.75) is 44.8 Å². The molecule has 0 atom stereocenters. The van der Waals surface area contributed by atoms with Crippen LogP contribution in [0, 0.1) is 5.92 Å². The second-order valence-corrected chi connectivity index (χ2v) is 7.81. The van der Waals surface area contributed by atoms with E-state index in [2.05, 4.69) is 34.3 Å². The molecule has 2 heterocycles. The minimum atomic E-state index is -4.35. The molecule has 0 bridgehead atoms. The maximum atomic E-state index is 12.7. The van der Waals surface area contributed by atoms with Gasteiger partial charge in [0.1, 0.15) is 5.82 Å². The Hall–Kier alpha value is -2.77. The van der Waals surface area contributed by atoms with Crippen molar-refractivity contribution in [2.24, 2.45) is 5.92 Å². The smallest absolute Gasteiger partial charge is 0.357 e. The van der Waals surface area contributed by atoms with Crippen LogP contribution in [0.25, 0.3) is 5.65 Å². The van der Waals surface area contributed by atoms with E-state index in [1.807, 2.05) is 18.2 Å². The van der Waals surface area contributed by atoms with Crippen LogP contribution in [-0.4, -0.2) is 27.7 Å². The number of nitrogens with zero attached hydrogens (tertiary/aromatic N) is 4. The lowest BCUT2D eigenvalue weighted by molar-refractivity contribution is -0.137. The number of pyridine rings is 1. The number of hydrogen-bond acceptors (Lipinski definition) is 4. The third kappa shape index (κ3) is 4.16.